The van der Waals surface area contributed by atoms with Crippen molar-refractivity contribution < 1.29 is 0 Å². The van der Waals surface area contributed by atoms with Gasteiger partial charge in [-0.15, -0.1) is 11.8 Å². The summed E-state index contributed by atoms with van der Waals surface area (Å²) < 4.78 is 0. The molecule has 0 bridgehead atoms. The van der Waals surface area contributed by atoms with E-state index >= 15 is 0 Å². The summed E-state index contributed by atoms with van der Waals surface area (Å²) >= 11 is 2.00. The van der Waals surface area contributed by atoms with Gasteiger partial charge in [-0.3, -0.25) is 0 Å². The van der Waals surface area contributed by atoms with Crippen molar-refractivity contribution in [2.75, 3.05) is 5.75 Å². The van der Waals surface area contributed by atoms with Gasteiger partial charge in [0.05, 0.1) is 0 Å². The average molecular weight is 284 g/mol. The Hall–Kier alpha value is -0.950. The van der Waals surface area contributed by atoms with Gasteiger partial charge in [-0.2, -0.15) is 0 Å². The highest BCUT2D eigenvalue weighted by Crippen LogP contribution is 2.34. The minimum Gasteiger partial charge on any atom is -0.122 e. The van der Waals surface area contributed by atoms with E-state index in [4.69, 9.17) is 0 Å². The predicted octanol–water partition coefficient (Wildman–Crippen LogP) is 6.10. The summed E-state index contributed by atoms with van der Waals surface area (Å²) in [5.74, 6) is 1.97. The molecule has 1 saturated carbocycles. The fourth-order valence-corrected chi connectivity index (χ4v) is 4.23. The molecule has 0 unspecified atom stereocenters. The van der Waals surface area contributed by atoms with Crippen molar-refractivity contribution in [2.45, 2.75) is 55.8 Å². The SMILES string of the molecule is C1=CCCC(CSc2cccc(C3CCCCC3)c2)=C1. The zero-order valence-electron chi connectivity index (χ0n) is 12.2. The lowest BCUT2D eigenvalue weighted by Gasteiger charge is -2.22. The molecule has 0 spiro atoms. The van der Waals surface area contributed by atoms with E-state index in [-0.39, 0.29) is 0 Å². The molecule has 0 radical (unpaired) electrons. The van der Waals surface area contributed by atoms with E-state index in [1.165, 1.54) is 49.8 Å². The Bertz CT molecular complexity index is 492. The predicted molar refractivity (Wildman–Crippen MR) is 89.4 cm³/mol. The highest BCUT2D eigenvalue weighted by molar-refractivity contribution is 7.99. The second-order valence-corrected chi connectivity index (χ2v) is 7.04. The molecule has 2 aliphatic rings. The zero-order valence-corrected chi connectivity index (χ0v) is 13.0. The molecule has 1 heteroatoms. The van der Waals surface area contributed by atoms with Crippen LogP contribution in [0.15, 0.2) is 53.0 Å². The van der Waals surface area contributed by atoms with Crippen LogP contribution in [-0.2, 0) is 0 Å². The maximum Gasteiger partial charge on any atom is 0.0193 e. The van der Waals surface area contributed by atoms with Crippen LogP contribution >= 0.6 is 11.8 Å². The first kappa shape index (κ1) is 14.0. The molecule has 0 saturated heterocycles. The Morgan fingerprint density at radius 1 is 1.10 bits per heavy atom. The lowest BCUT2D eigenvalue weighted by Crippen LogP contribution is -2.04. The van der Waals surface area contributed by atoms with Crippen molar-refractivity contribution >= 4 is 11.8 Å². The average Bonchev–Trinajstić information content (AvgIpc) is 2.55. The minimum atomic E-state index is 0.820. The van der Waals surface area contributed by atoms with Crippen molar-refractivity contribution in [3.05, 3.63) is 53.6 Å². The highest BCUT2D eigenvalue weighted by atomic mass is 32.2. The quantitative estimate of drug-likeness (QED) is 0.602. The van der Waals surface area contributed by atoms with Crippen LogP contribution in [-0.4, -0.2) is 5.75 Å². The molecule has 20 heavy (non-hydrogen) atoms. The molecule has 106 valence electrons. The van der Waals surface area contributed by atoms with Crippen LogP contribution in [0.25, 0.3) is 0 Å². The monoisotopic (exact) mass is 284 g/mol. The number of hydrogen-bond donors (Lipinski definition) is 0. The molecule has 0 atom stereocenters. The Morgan fingerprint density at radius 2 is 2.00 bits per heavy atom. The fourth-order valence-electron chi connectivity index (χ4n) is 3.24. The van der Waals surface area contributed by atoms with Crippen LogP contribution in [0.2, 0.25) is 0 Å². The molecule has 0 N–H and O–H groups in total. The summed E-state index contributed by atoms with van der Waals surface area (Å²) in [7, 11) is 0. The van der Waals surface area contributed by atoms with E-state index in [2.05, 4.69) is 42.5 Å². The number of allylic oxidation sites excluding steroid dienone is 3. The topological polar surface area (TPSA) is 0 Å². The summed E-state index contributed by atoms with van der Waals surface area (Å²) in [5, 5.41) is 0. The summed E-state index contributed by atoms with van der Waals surface area (Å²) in [6.45, 7) is 0. The van der Waals surface area contributed by atoms with Gasteiger partial charge in [0.15, 0.2) is 0 Å². The molecule has 0 heterocycles. The largest absolute Gasteiger partial charge is 0.122 e. The van der Waals surface area contributed by atoms with Gasteiger partial charge < -0.3 is 0 Å². The summed E-state index contributed by atoms with van der Waals surface area (Å²) in [4.78, 5) is 1.45. The van der Waals surface area contributed by atoms with E-state index in [0.717, 1.165) is 11.7 Å². The van der Waals surface area contributed by atoms with E-state index < -0.39 is 0 Å². The molecule has 3 rings (SSSR count). The van der Waals surface area contributed by atoms with Crippen molar-refractivity contribution in [3.63, 3.8) is 0 Å². The molecular weight excluding hydrogens is 260 g/mol. The molecule has 1 aromatic rings. The summed E-state index contributed by atoms with van der Waals surface area (Å²) in [6.07, 6.45) is 16.3. The van der Waals surface area contributed by atoms with Gasteiger partial charge in [0.1, 0.15) is 0 Å². The second kappa shape index (κ2) is 7.17. The number of hydrogen-bond acceptors (Lipinski definition) is 1. The first-order valence-electron chi connectivity index (χ1n) is 7.99. The maximum absolute atomic E-state index is 2.44. The third-order valence-corrected chi connectivity index (χ3v) is 5.56. The van der Waals surface area contributed by atoms with E-state index in [1.807, 2.05) is 11.8 Å². The lowest BCUT2D eigenvalue weighted by molar-refractivity contribution is 0.443. The van der Waals surface area contributed by atoms with Crippen molar-refractivity contribution in [1.29, 1.82) is 0 Å². The summed E-state index contributed by atoms with van der Waals surface area (Å²) in [6, 6.07) is 9.31. The summed E-state index contributed by atoms with van der Waals surface area (Å²) in [5.41, 5.74) is 3.16. The smallest absolute Gasteiger partial charge is 0.0193 e. The second-order valence-electron chi connectivity index (χ2n) is 5.99. The third kappa shape index (κ3) is 3.79. The van der Waals surface area contributed by atoms with E-state index in [1.54, 1.807) is 11.1 Å². The van der Waals surface area contributed by atoms with Crippen molar-refractivity contribution in [1.82, 2.24) is 0 Å². The number of rotatable bonds is 4. The third-order valence-electron chi connectivity index (χ3n) is 4.46. The van der Waals surface area contributed by atoms with Gasteiger partial charge in [0.2, 0.25) is 0 Å². The van der Waals surface area contributed by atoms with Crippen LogP contribution in [0.1, 0.15) is 56.4 Å². The molecule has 0 nitrogen and oxygen atoms in total. The maximum atomic E-state index is 2.44. The Morgan fingerprint density at radius 3 is 2.80 bits per heavy atom. The highest BCUT2D eigenvalue weighted by Gasteiger charge is 2.15. The first-order valence-corrected chi connectivity index (χ1v) is 8.98. The van der Waals surface area contributed by atoms with Gasteiger partial charge in [0.25, 0.3) is 0 Å². The van der Waals surface area contributed by atoms with Crippen LogP contribution in [0.5, 0.6) is 0 Å². The Balaban J connectivity index is 1.61. The Kier molecular flexibility index (Phi) is 5.02. The fraction of sp³-hybridized carbons (Fsp3) is 0.474. The van der Waals surface area contributed by atoms with Gasteiger partial charge >= 0.3 is 0 Å². The normalized spacial score (nSPS) is 19.9. The van der Waals surface area contributed by atoms with Gasteiger partial charge in [-0.25, -0.2) is 0 Å². The first-order chi connectivity index (χ1) is 9.92. The van der Waals surface area contributed by atoms with Gasteiger partial charge in [-0.05, 0) is 49.3 Å². The van der Waals surface area contributed by atoms with Crippen LogP contribution in [0.3, 0.4) is 0 Å². The molecule has 2 aliphatic carbocycles. The Labute approximate surface area is 127 Å². The number of benzene rings is 1. The van der Waals surface area contributed by atoms with Gasteiger partial charge in [0, 0.05) is 10.6 Å². The van der Waals surface area contributed by atoms with Crippen LogP contribution in [0.4, 0.5) is 0 Å². The molecule has 0 aliphatic heterocycles. The lowest BCUT2D eigenvalue weighted by atomic mass is 9.84. The van der Waals surface area contributed by atoms with Crippen LogP contribution < -0.4 is 0 Å². The molecule has 1 aromatic carbocycles. The standard InChI is InChI=1S/C19H24S/c1-3-8-16(9-4-1)15-20-19-13-7-12-18(14-19)17-10-5-2-6-11-17/h1,3,7-8,12-14,17H,2,4-6,9-11,15H2. The molecule has 1 fully saturated rings. The molecule has 0 aromatic heterocycles. The zero-order chi connectivity index (χ0) is 13.6. The molecular formula is C19H24S. The van der Waals surface area contributed by atoms with E-state index in [9.17, 15) is 0 Å². The van der Waals surface area contributed by atoms with Gasteiger partial charge in [-0.1, -0.05) is 55.2 Å². The van der Waals surface area contributed by atoms with Crippen molar-refractivity contribution in [2.24, 2.45) is 0 Å². The van der Waals surface area contributed by atoms with Crippen molar-refractivity contribution in [3.8, 4) is 0 Å². The van der Waals surface area contributed by atoms with Crippen LogP contribution in [0, 0.1) is 0 Å². The number of thioether (sulfide) groups is 1. The minimum absolute atomic E-state index is 0.820. The van der Waals surface area contributed by atoms with E-state index in [0.29, 0.717) is 0 Å². The molecule has 0 amide bonds.